The highest BCUT2D eigenvalue weighted by atomic mass is 32.2. The summed E-state index contributed by atoms with van der Waals surface area (Å²) in [7, 11) is -3.56. The van der Waals surface area contributed by atoms with Crippen LogP contribution in [0, 0.1) is 6.92 Å². The van der Waals surface area contributed by atoms with Crippen LogP contribution in [0.15, 0.2) is 58.0 Å². The maximum Gasteiger partial charge on any atom is 0.342 e. The zero-order valence-corrected chi connectivity index (χ0v) is 16.7. The molecule has 144 valence electrons. The molecule has 0 bridgehead atoms. The smallest absolute Gasteiger partial charge is 0.342 e. The van der Waals surface area contributed by atoms with E-state index in [1.807, 2.05) is 36.6 Å². The molecule has 2 aliphatic rings. The second-order valence-corrected chi connectivity index (χ2v) is 9.02. The summed E-state index contributed by atoms with van der Waals surface area (Å²) in [4.78, 5) is 18.6. The van der Waals surface area contributed by atoms with Crippen LogP contribution in [0.3, 0.4) is 0 Å². The molecule has 28 heavy (non-hydrogen) atoms. The monoisotopic (exact) mass is 415 g/mol. The zero-order valence-electron chi connectivity index (χ0n) is 15.0. The van der Waals surface area contributed by atoms with E-state index in [1.54, 1.807) is 17.2 Å². The van der Waals surface area contributed by atoms with Crippen LogP contribution in [-0.4, -0.2) is 42.4 Å². The summed E-state index contributed by atoms with van der Waals surface area (Å²) in [5, 5.41) is 2.69. The van der Waals surface area contributed by atoms with Gasteiger partial charge in [-0.1, -0.05) is 29.8 Å². The molecule has 1 aromatic heterocycles. The van der Waals surface area contributed by atoms with Gasteiger partial charge in [0, 0.05) is 23.7 Å². The van der Waals surface area contributed by atoms with Crippen molar-refractivity contribution in [2.75, 3.05) is 12.3 Å². The number of amidine groups is 1. The molecule has 0 spiro atoms. The van der Waals surface area contributed by atoms with Gasteiger partial charge in [0.1, 0.15) is 17.2 Å². The fourth-order valence-electron chi connectivity index (χ4n) is 2.79. The van der Waals surface area contributed by atoms with Gasteiger partial charge in [-0.25, -0.2) is 18.2 Å². The molecule has 0 saturated heterocycles. The molecule has 0 unspecified atom stereocenters. The first-order valence-corrected chi connectivity index (χ1v) is 11.1. The Kier molecular flexibility index (Phi) is 4.86. The number of ether oxygens (including phenoxy) is 1. The first-order chi connectivity index (χ1) is 13.4. The van der Waals surface area contributed by atoms with Gasteiger partial charge in [0.15, 0.2) is 5.84 Å². The number of esters is 1. The van der Waals surface area contributed by atoms with Gasteiger partial charge in [-0.3, -0.25) is 0 Å². The number of carbonyl (C=O) groups excluding carboxylic acids is 1. The molecule has 0 fully saturated rings. The molecule has 2 aromatic rings. The van der Waals surface area contributed by atoms with E-state index in [2.05, 4.69) is 9.38 Å². The number of hydrogen-bond donors (Lipinski definition) is 0. The summed E-state index contributed by atoms with van der Waals surface area (Å²) in [5.74, 6) is -0.600. The van der Waals surface area contributed by atoms with Crippen LogP contribution in [-0.2, 0) is 26.2 Å². The predicted octanol–water partition coefficient (Wildman–Crippen LogP) is 2.66. The van der Waals surface area contributed by atoms with Gasteiger partial charge in [-0.2, -0.15) is 0 Å². The van der Waals surface area contributed by atoms with E-state index < -0.39 is 16.0 Å². The van der Waals surface area contributed by atoms with Crippen molar-refractivity contribution in [3.8, 4) is 10.6 Å². The molecule has 1 aromatic carbocycles. The zero-order chi connectivity index (χ0) is 19.7. The normalized spacial score (nSPS) is 17.5. The Labute approximate surface area is 166 Å². The largest absolute Gasteiger partial charge is 0.455 e. The van der Waals surface area contributed by atoms with Crippen molar-refractivity contribution in [3.05, 3.63) is 64.8 Å². The van der Waals surface area contributed by atoms with Crippen LogP contribution in [0.5, 0.6) is 0 Å². The summed E-state index contributed by atoms with van der Waals surface area (Å²) in [6.45, 7) is 2.28. The van der Waals surface area contributed by atoms with E-state index in [1.165, 1.54) is 23.0 Å². The van der Waals surface area contributed by atoms with Gasteiger partial charge in [-0.05, 0) is 19.1 Å². The average molecular weight is 415 g/mol. The highest BCUT2D eigenvalue weighted by molar-refractivity contribution is 7.90. The van der Waals surface area contributed by atoms with E-state index >= 15 is 0 Å². The Morgan fingerprint density at radius 3 is 2.86 bits per heavy atom. The number of rotatable bonds is 4. The lowest BCUT2D eigenvalue weighted by Gasteiger charge is -2.28. The highest BCUT2D eigenvalue weighted by Crippen LogP contribution is 2.25. The van der Waals surface area contributed by atoms with Crippen LogP contribution in [0.1, 0.15) is 11.3 Å². The van der Waals surface area contributed by atoms with Crippen molar-refractivity contribution in [2.45, 2.75) is 13.5 Å². The molecule has 0 saturated carbocycles. The first-order valence-electron chi connectivity index (χ1n) is 8.58. The molecule has 9 heteroatoms. The predicted molar refractivity (Wildman–Crippen MR) is 107 cm³/mol. The Morgan fingerprint density at radius 1 is 1.29 bits per heavy atom. The molecule has 0 radical (unpaired) electrons. The number of thiazole rings is 1. The van der Waals surface area contributed by atoms with Crippen LogP contribution in [0.4, 0.5) is 0 Å². The number of aromatic nitrogens is 1. The van der Waals surface area contributed by atoms with Crippen LogP contribution < -0.4 is 0 Å². The highest BCUT2D eigenvalue weighted by Gasteiger charge is 2.30. The lowest BCUT2D eigenvalue weighted by molar-refractivity contribution is -0.139. The molecule has 0 aliphatic carbocycles. The Morgan fingerprint density at radius 2 is 2.07 bits per heavy atom. The summed E-state index contributed by atoms with van der Waals surface area (Å²) >= 11 is 1.47. The van der Waals surface area contributed by atoms with E-state index in [-0.39, 0.29) is 30.3 Å². The van der Waals surface area contributed by atoms with E-state index in [0.717, 1.165) is 10.6 Å². The number of aryl methyl sites for hydroxylation is 1. The van der Waals surface area contributed by atoms with Crippen molar-refractivity contribution < 1.29 is 17.9 Å². The van der Waals surface area contributed by atoms with E-state index in [9.17, 15) is 13.2 Å². The second-order valence-electron chi connectivity index (χ2n) is 6.40. The fourth-order valence-corrected chi connectivity index (χ4v) is 4.59. The third-order valence-electron chi connectivity index (χ3n) is 4.28. The molecule has 3 heterocycles. The standard InChI is InChI=1S/C19H17N3O4S2/c1-13-4-6-14(7-5-13)18-20-15(12-27-18)11-26-19(23)16-3-2-8-22-9-10-28(24,25)21-17(16)22/h2-8,12H,9-11H2,1H3. The van der Waals surface area contributed by atoms with E-state index in [4.69, 9.17) is 4.74 Å². The van der Waals surface area contributed by atoms with Gasteiger partial charge in [0.2, 0.25) is 0 Å². The number of hydrogen-bond acceptors (Lipinski definition) is 7. The Bertz CT molecular complexity index is 1110. The minimum Gasteiger partial charge on any atom is -0.455 e. The number of allylic oxidation sites excluding steroid dienone is 2. The minimum absolute atomic E-state index is 0.00226. The number of carbonyl (C=O) groups is 1. The lowest BCUT2D eigenvalue weighted by Crippen LogP contribution is -2.40. The first kappa shape index (κ1) is 18.6. The van der Waals surface area contributed by atoms with E-state index in [0.29, 0.717) is 5.69 Å². The average Bonchev–Trinajstić information content (AvgIpc) is 3.14. The van der Waals surface area contributed by atoms with Crippen molar-refractivity contribution in [1.29, 1.82) is 0 Å². The number of sulfonamides is 1. The number of fused-ring (bicyclic) bond motifs is 1. The van der Waals surface area contributed by atoms with Crippen molar-refractivity contribution in [2.24, 2.45) is 4.40 Å². The molecular weight excluding hydrogens is 398 g/mol. The number of benzene rings is 1. The van der Waals surface area contributed by atoms with Gasteiger partial charge >= 0.3 is 5.97 Å². The molecule has 2 aliphatic heterocycles. The van der Waals surface area contributed by atoms with Gasteiger partial charge in [-0.15, -0.1) is 15.7 Å². The Hall–Kier alpha value is -2.78. The minimum atomic E-state index is -3.56. The van der Waals surface area contributed by atoms with Gasteiger partial charge < -0.3 is 9.64 Å². The van der Waals surface area contributed by atoms with Crippen molar-refractivity contribution >= 4 is 33.2 Å². The number of nitrogens with zero attached hydrogens (tertiary/aromatic N) is 3. The molecular formula is C19H17N3O4S2. The maximum absolute atomic E-state index is 12.5. The summed E-state index contributed by atoms with van der Waals surface area (Å²) < 4.78 is 32.6. The lowest BCUT2D eigenvalue weighted by atomic mass is 10.1. The SMILES string of the molecule is Cc1ccc(-c2nc(COC(=O)C3=CC=CN4CCS(=O)(=O)N=C34)cs2)cc1. The molecule has 7 nitrogen and oxygen atoms in total. The fraction of sp³-hybridized carbons (Fsp3) is 0.211. The van der Waals surface area contributed by atoms with Crippen molar-refractivity contribution in [1.82, 2.24) is 9.88 Å². The molecule has 0 N–H and O–H groups in total. The second kappa shape index (κ2) is 7.33. The van der Waals surface area contributed by atoms with Gasteiger partial charge in [0.25, 0.3) is 10.0 Å². The summed E-state index contributed by atoms with van der Waals surface area (Å²) in [5.41, 5.74) is 2.94. The summed E-state index contributed by atoms with van der Waals surface area (Å²) in [6, 6.07) is 8.03. The van der Waals surface area contributed by atoms with Gasteiger partial charge in [0.05, 0.1) is 11.4 Å². The third-order valence-corrected chi connectivity index (χ3v) is 6.37. The third kappa shape index (κ3) is 3.90. The van der Waals surface area contributed by atoms with Crippen LogP contribution in [0.2, 0.25) is 0 Å². The Balaban J connectivity index is 1.46. The molecule has 4 rings (SSSR count). The quantitative estimate of drug-likeness (QED) is 0.714. The van der Waals surface area contributed by atoms with Crippen LogP contribution in [0.25, 0.3) is 10.6 Å². The topological polar surface area (TPSA) is 88.9 Å². The maximum atomic E-state index is 12.5. The van der Waals surface area contributed by atoms with Crippen molar-refractivity contribution in [3.63, 3.8) is 0 Å². The summed E-state index contributed by atoms with van der Waals surface area (Å²) in [6.07, 6.45) is 4.88. The molecule has 0 atom stereocenters. The molecule has 0 amide bonds. The van der Waals surface area contributed by atoms with Crippen LogP contribution >= 0.6 is 11.3 Å².